The van der Waals surface area contributed by atoms with Gasteiger partial charge in [0.2, 0.25) is 5.91 Å². The number of hydrogen-bond acceptors (Lipinski definition) is 3. The summed E-state index contributed by atoms with van der Waals surface area (Å²) in [6.07, 6.45) is 6.24. The van der Waals surface area contributed by atoms with E-state index in [2.05, 4.69) is 10.6 Å². The molecule has 4 amide bonds. The molecule has 1 spiro atoms. The second kappa shape index (κ2) is 7.15. The lowest BCUT2D eigenvalue weighted by Crippen LogP contribution is -2.48. The molecule has 4 rings (SSSR count). The first-order chi connectivity index (χ1) is 13.0. The van der Waals surface area contributed by atoms with E-state index >= 15 is 0 Å². The summed E-state index contributed by atoms with van der Waals surface area (Å²) in [5, 5.41) is 6.61. The van der Waals surface area contributed by atoms with Crippen molar-refractivity contribution in [2.75, 3.05) is 6.54 Å². The molecule has 1 heterocycles. The van der Waals surface area contributed by atoms with Gasteiger partial charge in [0.25, 0.3) is 5.91 Å². The van der Waals surface area contributed by atoms with Crippen LogP contribution in [0, 0.1) is 0 Å². The van der Waals surface area contributed by atoms with Crippen molar-refractivity contribution in [2.45, 2.75) is 62.9 Å². The zero-order chi connectivity index (χ0) is 19.0. The van der Waals surface area contributed by atoms with E-state index in [1.54, 1.807) is 0 Å². The Kier molecular flexibility index (Phi) is 4.84. The molecule has 1 atom stereocenters. The monoisotopic (exact) mass is 389 g/mol. The first-order valence-corrected chi connectivity index (χ1v) is 10.1. The van der Waals surface area contributed by atoms with Gasteiger partial charge in [-0.1, -0.05) is 36.9 Å². The van der Waals surface area contributed by atoms with Crippen molar-refractivity contribution in [1.82, 2.24) is 15.5 Å². The Hall–Kier alpha value is -2.08. The SMILES string of the molecule is O=C(CCN1C(=O)NC2(CCCCC2)C1=O)NC1CCc2cc(Cl)ccc21. The smallest absolute Gasteiger partial charge is 0.325 e. The number of aryl methyl sites for hydroxylation is 1. The Labute approximate surface area is 163 Å². The lowest BCUT2D eigenvalue weighted by Gasteiger charge is -2.30. The highest BCUT2D eigenvalue weighted by Gasteiger charge is 2.51. The van der Waals surface area contributed by atoms with E-state index in [1.807, 2.05) is 18.2 Å². The maximum Gasteiger partial charge on any atom is 0.325 e. The zero-order valence-electron chi connectivity index (χ0n) is 15.2. The van der Waals surface area contributed by atoms with Crippen molar-refractivity contribution < 1.29 is 14.4 Å². The minimum atomic E-state index is -0.727. The van der Waals surface area contributed by atoms with Gasteiger partial charge >= 0.3 is 6.03 Å². The largest absolute Gasteiger partial charge is 0.349 e. The van der Waals surface area contributed by atoms with E-state index in [4.69, 9.17) is 11.6 Å². The minimum Gasteiger partial charge on any atom is -0.349 e. The van der Waals surface area contributed by atoms with E-state index in [0.717, 1.165) is 37.7 Å². The quantitative estimate of drug-likeness (QED) is 0.777. The van der Waals surface area contributed by atoms with Crippen LogP contribution in [0.3, 0.4) is 0 Å². The Morgan fingerprint density at radius 2 is 2.04 bits per heavy atom. The maximum absolute atomic E-state index is 12.7. The normalized spacial score (nSPS) is 23.4. The van der Waals surface area contributed by atoms with Crippen LogP contribution in [0.4, 0.5) is 4.79 Å². The molecule has 7 heteroatoms. The summed E-state index contributed by atoms with van der Waals surface area (Å²) in [4.78, 5) is 38.6. The van der Waals surface area contributed by atoms with Gasteiger partial charge in [0.1, 0.15) is 5.54 Å². The molecular formula is C20H24ClN3O3. The van der Waals surface area contributed by atoms with Crippen molar-refractivity contribution in [3.8, 4) is 0 Å². The van der Waals surface area contributed by atoms with Crippen molar-refractivity contribution >= 4 is 29.4 Å². The summed E-state index contributed by atoms with van der Waals surface area (Å²) < 4.78 is 0. The number of imide groups is 1. The Balaban J connectivity index is 1.34. The fourth-order valence-electron chi connectivity index (χ4n) is 4.59. The van der Waals surface area contributed by atoms with Crippen molar-refractivity contribution in [1.29, 1.82) is 0 Å². The fraction of sp³-hybridized carbons (Fsp3) is 0.550. The fourth-order valence-corrected chi connectivity index (χ4v) is 4.78. The second-order valence-corrected chi connectivity index (χ2v) is 8.22. The van der Waals surface area contributed by atoms with E-state index in [1.165, 1.54) is 10.5 Å². The number of nitrogens with zero attached hydrogens (tertiary/aromatic N) is 1. The molecule has 3 aliphatic rings. The zero-order valence-corrected chi connectivity index (χ0v) is 16.0. The van der Waals surface area contributed by atoms with Gasteiger partial charge in [-0.15, -0.1) is 0 Å². The molecule has 1 saturated heterocycles. The van der Waals surface area contributed by atoms with Gasteiger partial charge in [-0.25, -0.2) is 4.79 Å². The average molecular weight is 390 g/mol. The maximum atomic E-state index is 12.7. The first kappa shape index (κ1) is 18.3. The average Bonchev–Trinajstić information content (AvgIpc) is 3.13. The molecule has 1 aromatic carbocycles. The van der Waals surface area contributed by atoms with Crippen LogP contribution in [-0.2, 0) is 16.0 Å². The number of amides is 4. The van der Waals surface area contributed by atoms with E-state index in [9.17, 15) is 14.4 Å². The third-order valence-corrected chi connectivity index (χ3v) is 6.27. The lowest BCUT2D eigenvalue weighted by atomic mass is 9.82. The molecule has 1 saturated carbocycles. The molecule has 144 valence electrons. The number of carbonyl (C=O) groups is 3. The minimum absolute atomic E-state index is 0.0300. The van der Waals surface area contributed by atoms with Gasteiger partial charge in [0, 0.05) is 18.0 Å². The third-order valence-electron chi connectivity index (χ3n) is 6.03. The van der Waals surface area contributed by atoms with Crippen LogP contribution >= 0.6 is 11.6 Å². The van der Waals surface area contributed by atoms with Crippen molar-refractivity contribution in [2.24, 2.45) is 0 Å². The lowest BCUT2D eigenvalue weighted by molar-refractivity contribution is -0.132. The van der Waals surface area contributed by atoms with Crippen molar-refractivity contribution in [3.05, 3.63) is 34.3 Å². The number of fused-ring (bicyclic) bond motifs is 1. The van der Waals surface area contributed by atoms with E-state index < -0.39 is 5.54 Å². The predicted molar refractivity (Wildman–Crippen MR) is 101 cm³/mol. The molecule has 2 aliphatic carbocycles. The second-order valence-electron chi connectivity index (χ2n) is 7.78. The molecule has 2 fully saturated rings. The van der Waals surface area contributed by atoms with Crippen LogP contribution in [0.2, 0.25) is 5.02 Å². The van der Waals surface area contributed by atoms with Gasteiger partial charge in [-0.3, -0.25) is 14.5 Å². The topological polar surface area (TPSA) is 78.5 Å². The molecule has 0 aromatic heterocycles. The molecule has 0 bridgehead atoms. The molecular weight excluding hydrogens is 366 g/mol. The number of benzene rings is 1. The van der Waals surface area contributed by atoms with E-state index in [0.29, 0.717) is 17.9 Å². The van der Waals surface area contributed by atoms with Crippen LogP contribution < -0.4 is 10.6 Å². The Morgan fingerprint density at radius 3 is 2.81 bits per heavy atom. The highest BCUT2D eigenvalue weighted by Crippen LogP contribution is 2.34. The first-order valence-electron chi connectivity index (χ1n) is 9.70. The summed E-state index contributed by atoms with van der Waals surface area (Å²) in [5.74, 6) is -0.311. The standard InChI is InChI=1S/C20H24ClN3O3/c21-14-5-6-15-13(12-14)4-7-16(15)22-17(25)8-11-24-18(26)20(23-19(24)27)9-2-1-3-10-20/h5-6,12,16H,1-4,7-11H2,(H,22,25)(H,23,27). The summed E-state index contributed by atoms with van der Waals surface area (Å²) in [5.41, 5.74) is 1.54. The Bertz CT molecular complexity index is 789. The van der Waals surface area contributed by atoms with Gasteiger partial charge in [-0.05, 0) is 48.9 Å². The summed E-state index contributed by atoms with van der Waals surface area (Å²) >= 11 is 6.03. The molecule has 2 N–H and O–H groups in total. The molecule has 6 nitrogen and oxygen atoms in total. The van der Waals surface area contributed by atoms with Crippen molar-refractivity contribution in [3.63, 3.8) is 0 Å². The van der Waals surface area contributed by atoms with Crippen LogP contribution in [0.25, 0.3) is 0 Å². The van der Waals surface area contributed by atoms with E-state index in [-0.39, 0.29) is 36.9 Å². The highest BCUT2D eigenvalue weighted by atomic mass is 35.5. The number of hydrogen-bond donors (Lipinski definition) is 2. The van der Waals surface area contributed by atoms with Gasteiger partial charge in [0.05, 0.1) is 6.04 Å². The molecule has 1 aliphatic heterocycles. The van der Waals surface area contributed by atoms with Crippen LogP contribution in [0.15, 0.2) is 18.2 Å². The Morgan fingerprint density at radius 1 is 1.26 bits per heavy atom. The number of rotatable bonds is 4. The summed E-state index contributed by atoms with van der Waals surface area (Å²) in [6, 6.07) is 5.34. The number of halogens is 1. The van der Waals surface area contributed by atoms with Gasteiger partial charge < -0.3 is 10.6 Å². The van der Waals surface area contributed by atoms with Crippen LogP contribution in [-0.4, -0.2) is 34.8 Å². The van der Waals surface area contributed by atoms with Gasteiger partial charge in [0.15, 0.2) is 0 Å². The summed E-state index contributed by atoms with van der Waals surface area (Å²) in [6.45, 7) is 0.123. The number of urea groups is 1. The van der Waals surface area contributed by atoms with Gasteiger partial charge in [-0.2, -0.15) is 0 Å². The number of nitrogens with one attached hydrogen (secondary N) is 2. The molecule has 1 unspecified atom stereocenters. The molecule has 0 radical (unpaired) electrons. The molecule has 1 aromatic rings. The predicted octanol–water partition coefficient (Wildman–Crippen LogP) is 3.09. The molecule has 27 heavy (non-hydrogen) atoms. The van der Waals surface area contributed by atoms with Crippen LogP contribution in [0.5, 0.6) is 0 Å². The summed E-state index contributed by atoms with van der Waals surface area (Å²) in [7, 11) is 0. The highest BCUT2D eigenvalue weighted by molar-refractivity contribution is 6.30. The third kappa shape index (κ3) is 3.43. The van der Waals surface area contributed by atoms with Crippen LogP contribution in [0.1, 0.15) is 62.1 Å². The number of carbonyl (C=O) groups excluding carboxylic acids is 3.